The lowest BCUT2D eigenvalue weighted by Gasteiger charge is -2.21. The predicted molar refractivity (Wildman–Crippen MR) is 47.3 cm³/mol. The fourth-order valence-corrected chi connectivity index (χ4v) is 1.12. The van der Waals surface area contributed by atoms with Gasteiger partial charge >= 0.3 is 12.1 Å². The van der Waals surface area contributed by atoms with Gasteiger partial charge in [0, 0.05) is 21.1 Å². The molecule has 1 aliphatic heterocycles. The maximum Gasteiger partial charge on any atom is 0.325 e. The molecule has 2 N–H and O–H groups in total. The minimum absolute atomic E-state index is 0.432. The zero-order chi connectivity index (χ0) is 10.9. The summed E-state index contributed by atoms with van der Waals surface area (Å²) in [6.07, 6.45) is -0.910. The van der Waals surface area contributed by atoms with Gasteiger partial charge in [-0.1, -0.05) is 0 Å². The third-order valence-corrected chi connectivity index (χ3v) is 2.05. The first-order valence-corrected chi connectivity index (χ1v) is 4.01. The maximum atomic E-state index is 11.4. The fourth-order valence-electron chi connectivity index (χ4n) is 1.12. The second-order valence-corrected chi connectivity index (χ2v) is 2.92. The SMILES string of the molecule is CNC(=O)N(C)C1NC(=O)N(C)C1=O. The first-order valence-electron chi connectivity index (χ1n) is 4.01. The summed E-state index contributed by atoms with van der Waals surface area (Å²) in [4.78, 5) is 35.7. The Labute approximate surface area is 81.0 Å². The molecule has 1 rings (SSSR count). The highest BCUT2D eigenvalue weighted by molar-refractivity contribution is 6.04. The van der Waals surface area contributed by atoms with Gasteiger partial charge in [-0.15, -0.1) is 0 Å². The molecular weight excluding hydrogens is 188 g/mol. The van der Waals surface area contributed by atoms with Crippen LogP contribution >= 0.6 is 0 Å². The summed E-state index contributed by atoms with van der Waals surface area (Å²) >= 11 is 0. The Morgan fingerprint density at radius 1 is 1.57 bits per heavy atom. The highest BCUT2D eigenvalue weighted by Gasteiger charge is 2.39. The minimum Gasteiger partial charge on any atom is -0.341 e. The lowest BCUT2D eigenvalue weighted by atomic mass is 10.4. The van der Waals surface area contributed by atoms with E-state index in [9.17, 15) is 14.4 Å². The highest BCUT2D eigenvalue weighted by Crippen LogP contribution is 2.06. The molecule has 0 aliphatic carbocycles. The fraction of sp³-hybridized carbons (Fsp3) is 0.571. The van der Waals surface area contributed by atoms with Crippen LogP contribution < -0.4 is 10.6 Å². The average molecular weight is 200 g/mol. The summed E-state index contributed by atoms with van der Waals surface area (Å²) in [7, 11) is 4.24. The summed E-state index contributed by atoms with van der Waals surface area (Å²) in [5.74, 6) is -0.443. The van der Waals surface area contributed by atoms with Crippen LogP contribution in [0, 0.1) is 0 Å². The number of rotatable bonds is 1. The van der Waals surface area contributed by atoms with E-state index in [-0.39, 0.29) is 0 Å². The van der Waals surface area contributed by atoms with Crippen molar-refractivity contribution < 1.29 is 14.4 Å². The van der Waals surface area contributed by atoms with E-state index >= 15 is 0 Å². The molecule has 0 saturated carbocycles. The molecule has 7 nitrogen and oxygen atoms in total. The van der Waals surface area contributed by atoms with E-state index in [4.69, 9.17) is 0 Å². The molecule has 0 aromatic heterocycles. The first kappa shape index (κ1) is 10.3. The number of urea groups is 2. The Hall–Kier alpha value is -1.79. The van der Waals surface area contributed by atoms with Gasteiger partial charge in [0.15, 0.2) is 6.17 Å². The summed E-state index contributed by atoms with van der Waals surface area (Å²) in [6.45, 7) is 0. The molecule has 0 aromatic carbocycles. The standard InChI is InChI=1S/C7H12N4O3/c1-8-6(13)10(2)4-5(12)11(3)7(14)9-4/h4H,1-3H3,(H,8,13)(H,9,14). The van der Waals surface area contributed by atoms with E-state index in [0.29, 0.717) is 0 Å². The molecule has 1 fully saturated rings. The van der Waals surface area contributed by atoms with Gasteiger partial charge in [0.2, 0.25) is 0 Å². The van der Waals surface area contributed by atoms with Gasteiger partial charge < -0.3 is 10.6 Å². The molecule has 0 spiro atoms. The van der Waals surface area contributed by atoms with Gasteiger partial charge in [-0.3, -0.25) is 14.6 Å². The van der Waals surface area contributed by atoms with Crippen molar-refractivity contribution in [3.8, 4) is 0 Å². The molecule has 5 amide bonds. The van der Waals surface area contributed by atoms with Crippen LogP contribution in [0.15, 0.2) is 0 Å². The van der Waals surface area contributed by atoms with Crippen LogP contribution in [0.1, 0.15) is 0 Å². The number of carbonyl (C=O) groups excluding carboxylic acids is 3. The quantitative estimate of drug-likeness (QED) is 0.520. The number of imide groups is 1. The lowest BCUT2D eigenvalue weighted by molar-refractivity contribution is -0.129. The molecule has 1 unspecified atom stereocenters. The number of nitrogens with one attached hydrogen (secondary N) is 2. The van der Waals surface area contributed by atoms with Crippen LogP contribution in [-0.2, 0) is 4.79 Å². The molecule has 0 bridgehead atoms. The molecule has 1 aliphatic rings. The molecule has 1 atom stereocenters. The zero-order valence-corrected chi connectivity index (χ0v) is 8.20. The normalized spacial score (nSPS) is 20.8. The van der Waals surface area contributed by atoms with Gasteiger partial charge in [-0.25, -0.2) is 9.59 Å². The number of hydrogen-bond donors (Lipinski definition) is 2. The van der Waals surface area contributed by atoms with Crippen LogP contribution in [0.25, 0.3) is 0 Å². The first-order chi connectivity index (χ1) is 6.49. The Kier molecular flexibility index (Phi) is 2.59. The monoisotopic (exact) mass is 200 g/mol. The van der Waals surface area contributed by atoms with E-state index in [0.717, 1.165) is 9.80 Å². The molecule has 0 radical (unpaired) electrons. The molecule has 7 heteroatoms. The number of amides is 5. The van der Waals surface area contributed by atoms with Crippen molar-refractivity contribution in [2.45, 2.75) is 6.17 Å². The number of carbonyl (C=O) groups is 3. The Balaban J connectivity index is 2.76. The number of likely N-dealkylation sites (N-methyl/N-ethyl adjacent to an activating group) is 2. The topological polar surface area (TPSA) is 81.8 Å². The van der Waals surface area contributed by atoms with E-state index in [2.05, 4.69) is 10.6 Å². The number of nitrogens with zero attached hydrogens (tertiary/aromatic N) is 2. The van der Waals surface area contributed by atoms with E-state index in [1.165, 1.54) is 21.1 Å². The largest absolute Gasteiger partial charge is 0.341 e. The Bertz CT molecular complexity index is 291. The van der Waals surface area contributed by atoms with Gasteiger partial charge in [0.25, 0.3) is 5.91 Å². The van der Waals surface area contributed by atoms with E-state index in [1.807, 2.05) is 0 Å². The molecule has 0 aromatic rings. The van der Waals surface area contributed by atoms with E-state index < -0.39 is 24.1 Å². The molecule has 1 heterocycles. The molecular formula is C7H12N4O3. The summed E-state index contributed by atoms with van der Waals surface area (Å²) < 4.78 is 0. The zero-order valence-electron chi connectivity index (χ0n) is 8.20. The van der Waals surface area contributed by atoms with Crippen LogP contribution in [-0.4, -0.2) is 55.1 Å². The van der Waals surface area contributed by atoms with Gasteiger partial charge in [0.05, 0.1) is 0 Å². The van der Waals surface area contributed by atoms with Crippen molar-refractivity contribution in [3.05, 3.63) is 0 Å². The van der Waals surface area contributed by atoms with Gasteiger partial charge in [0.1, 0.15) is 0 Å². The van der Waals surface area contributed by atoms with Crippen LogP contribution in [0.4, 0.5) is 9.59 Å². The minimum atomic E-state index is -0.910. The van der Waals surface area contributed by atoms with Gasteiger partial charge in [-0.05, 0) is 0 Å². The van der Waals surface area contributed by atoms with Gasteiger partial charge in [-0.2, -0.15) is 0 Å². The third kappa shape index (κ3) is 1.48. The molecule has 14 heavy (non-hydrogen) atoms. The van der Waals surface area contributed by atoms with Crippen molar-refractivity contribution in [3.63, 3.8) is 0 Å². The Morgan fingerprint density at radius 2 is 2.14 bits per heavy atom. The third-order valence-electron chi connectivity index (χ3n) is 2.05. The number of hydrogen-bond acceptors (Lipinski definition) is 3. The summed E-state index contributed by atoms with van der Waals surface area (Å²) in [5.41, 5.74) is 0. The van der Waals surface area contributed by atoms with E-state index in [1.54, 1.807) is 0 Å². The second kappa shape index (κ2) is 3.52. The summed E-state index contributed by atoms with van der Waals surface area (Å²) in [5, 5.41) is 4.73. The average Bonchev–Trinajstić information content (AvgIpc) is 2.43. The second-order valence-electron chi connectivity index (χ2n) is 2.92. The van der Waals surface area contributed by atoms with Crippen molar-refractivity contribution >= 4 is 18.0 Å². The maximum absolute atomic E-state index is 11.4. The lowest BCUT2D eigenvalue weighted by Crippen LogP contribution is -2.50. The van der Waals surface area contributed by atoms with Crippen molar-refractivity contribution in [1.82, 2.24) is 20.4 Å². The van der Waals surface area contributed by atoms with Crippen LogP contribution in [0.3, 0.4) is 0 Å². The highest BCUT2D eigenvalue weighted by atomic mass is 16.2. The van der Waals surface area contributed by atoms with Crippen LogP contribution in [0.2, 0.25) is 0 Å². The smallest absolute Gasteiger partial charge is 0.325 e. The van der Waals surface area contributed by atoms with Crippen molar-refractivity contribution in [1.29, 1.82) is 0 Å². The van der Waals surface area contributed by atoms with Crippen molar-refractivity contribution in [2.24, 2.45) is 0 Å². The summed E-state index contributed by atoms with van der Waals surface area (Å²) in [6, 6.07) is -0.935. The molecule has 78 valence electrons. The van der Waals surface area contributed by atoms with Crippen molar-refractivity contribution in [2.75, 3.05) is 21.1 Å². The Morgan fingerprint density at radius 3 is 2.50 bits per heavy atom. The predicted octanol–water partition coefficient (Wildman–Crippen LogP) is -1.23. The van der Waals surface area contributed by atoms with Crippen LogP contribution in [0.5, 0.6) is 0 Å². The molecule has 1 saturated heterocycles.